The van der Waals surface area contributed by atoms with E-state index in [0.717, 1.165) is 25.8 Å². The summed E-state index contributed by atoms with van der Waals surface area (Å²) in [5.74, 6) is 0.0599. The maximum Gasteiger partial charge on any atom is 0.233 e. The van der Waals surface area contributed by atoms with Crippen LogP contribution in [0.2, 0.25) is 0 Å². The number of hydrogen-bond acceptors (Lipinski definition) is 2. The van der Waals surface area contributed by atoms with Crippen LogP contribution in [0.3, 0.4) is 0 Å². The highest BCUT2D eigenvalue weighted by Crippen LogP contribution is 2.47. The van der Waals surface area contributed by atoms with Gasteiger partial charge in [-0.2, -0.15) is 0 Å². The molecule has 0 bridgehead atoms. The molecule has 4 heteroatoms. The van der Waals surface area contributed by atoms with Gasteiger partial charge in [0.15, 0.2) is 0 Å². The zero-order valence-electron chi connectivity index (χ0n) is 10.6. The predicted octanol–water partition coefficient (Wildman–Crippen LogP) is 2.14. The summed E-state index contributed by atoms with van der Waals surface area (Å²) in [7, 11) is 0. The highest BCUT2D eigenvalue weighted by molar-refractivity contribution is 7.80. The molecule has 3 nitrogen and oxygen atoms in total. The third kappa shape index (κ3) is 2.32. The van der Waals surface area contributed by atoms with Gasteiger partial charge >= 0.3 is 0 Å². The molecule has 0 unspecified atom stereocenters. The van der Waals surface area contributed by atoms with Crippen molar-refractivity contribution < 1.29 is 4.79 Å². The van der Waals surface area contributed by atoms with Crippen molar-refractivity contribution in [2.45, 2.75) is 51.9 Å². The maximum absolute atomic E-state index is 12.1. The van der Waals surface area contributed by atoms with Crippen LogP contribution in [0.1, 0.15) is 51.9 Å². The van der Waals surface area contributed by atoms with E-state index in [4.69, 9.17) is 18.0 Å². The largest absolute Gasteiger partial charge is 0.392 e. The van der Waals surface area contributed by atoms with Gasteiger partial charge in [0.05, 0.1) is 10.4 Å². The molecule has 0 aromatic heterocycles. The molecule has 0 spiro atoms. The van der Waals surface area contributed by atoms with Crippen LogP contribution in [0.4, 0.5) is 0 Å². The average molecular weight is 254 g/mol. The Hall–Kier alpha value is -0.640. The van der Waals surface area contributed by atoms with Crippen molar-refractivity contribution in [3.8, 4) is 0 Å². The van der Waals surface area contributed by atoms with Crippen molar-refractivity contribution in [1.82, 2.24) is 5.32 Å². The fraction of sp³-hybridized carbons (Fsp3) is 0.846. The van der Waals surface area contributed by atoms with Crippen molar-refractivity contribution in [2.24, 2.45) is 16.6 Å². The molecule has 1 amide bonds. The van der Waals surface area contributed by atoms with E-state index in [1.807, 2.05) is 0 Å². The second kappa shape index (κ2) is 4.56. The molecule has 2 fully saturated rings. The van der Waals surface area contributed by atoms with Gasteiger partial charge in [-0.1, -0.05) is 32.0 Å². The van der Waals surface area contributed by atoms with Crippen molar-refractivity contribution in [3.63, 3.8) is 0 Å². The molecule has 0 radical (unpaired) electrons. The van der Waals surface area contributed by atoms with Crippen LogP contribution in [0, 0.1) is 10.8 Å². The van der Waals surface area contributed by atoms with E-state index in [2.05, 4.69) is 12.2 Å². The van der Waals surface area contributed by atoms with Crippen LogP contribution in [-0.4, -0.2) is 17.4 Å². The minimum atomic E-state index is -0.497. The Bertz CT molecular complexity index is 330. The molecule has 0 atom stereocenters. The van der Waals surface area contributed by atoms with Gasteiger partial charge < -0.3 is 11.1 Å². The minimum Gasteiger partial charge on any atom is -0.392 e. The topological polar surface area (TPSA) is 55.1 Å². The molecule has 0 saturated heterocycles. The Balaban J connectivity index is 1.90. The lowest BCUT2D eigenvalue weighted by Crippen LogP contribution is -2.43. The standard InChI is InChI=1S/C13H22N2OS/c1-2-12(5-3-4-6-12)9-15-11(16)13(7-8-13)10(14)17/h2-9H2,1H3,(H2,14,17)(H,15,16). The Labute approximate surface area is 109 Å². The lowest BCUT2D eigenvalue weighted by Gasteiger charge is -2.28. The second-order valence-corrected chi connectivity index (χ2v) is 6.13. The number of hydrogen-bond donors (Lipinski definition) is 2. The number of carbonyl (C=O) groups is 1. The first kappa shape index (κ1) is 12.8. The second-order valence-electron chi connectivity index (χ2n) is 5.69. The van der Waals surface area contributed by atoms with Gasteiger partial charge in [-0.05, 0) is 37.5 Å². The first-order valence-electron chi connectivity index (χ1n) is 6.63. The lowest BCUT2D eigenvalue weighted by molar-refractivity contribution is -0.124. The first-order chi connectivity index (χ1) is 8.05. The minimum absolute atomic E-state index is 0.0599. The molecular weight excluding hydrogens is 232 g/mol. The smallest absolute Gasteiger partial charge is 0.233 e. The molecular formula is C13H22N2OS. The molecule has 17 heavy (non-hydrogen) atoms. The molecule has 0 aromatic carbocycles. The Morgan fingerprint density at radius 1 is 1.29 bits per heavy atom. The summed E-state index contributed by atoms with van der Waals surface area (Å²) in [4.78, 5) is 12.5. The van der Waals surface area contributed by atoms with Crippen LogP contribution >= 0.6 is 12.2 Å². The molecule has 96 valence electrons. The van der Waals surface area contributed by atoms with Crippen molar-refractivity contribution in [2.75, 3.05) is 6.54 Å². The summed E-state index contributed by atoms with van der Waals surface area (Å²) in [6, 6.07) is 0. The summed E-state index contributed by atoms with van der Waals surface area (Å²) in [6.45, 7) is 3.02. The quantitative estimate of drug-likeness (QED) is 0.739. The van der Waals surface area contributed by atoms with E-state index < -0.39 is 5.41 Å². The summed E-state index contributed by atoms with van der Waals surface area (Å²) < 4.78 is 0. The highest BCUT2D eigenvalue weighted by Gasteiger charge is 2.53. The molecule has 2 aliphatic carbocycles. The average Bonchev–Trinajstić information content (AvgIpc) is 3.01. The van der Waals surface area contributed by atoms with Crippen molar-refractivity contribution in [1.29, 1.82) is 0 Å². The fourth-order valence-corrected chi connectivity index (χ4v) is 3.22. The van der Waals surface area contributed by atoms with Gasteiger partial charge in [0.1, 0.15) is 0 Å². The first-order valence-corrected chi connectivity index (χ1v) is 7.04. The molecule has 2 rings (SSSR count). The van der Waals surface area contributed by atoms with Gasteiger partial charge in [-0.15, -0.1) is 0 Å². The summed E-state index contributed by atoms with van der Waals surface area (Å²) >= 11 is 4.99. The van der Waals surface area contributed by atoms with Crippen molar-refractivity contribution >= 4 is 23.1 Å². The van der Waals surface area contributed by atoms with Gasteiger partial charge in [0, 0.05) is 6.54 Å². The zero-order valence-corrected chi connectivity index (χ0v) is 11.4. The number of thiocarbonyl (C=S) groups is 1. The van der Waals surface area contributed by atoms with E-state index in [9.17, 15) is 4.79 Å². The Morgan fingerprint density at radius 2 is 1.88 bits per heavy atom. The molecule has 2 aliphatic rings. The highest BCUT2D eigenvalue weighted by atomic mass is 32.1. The number of rotatable bonds is 5. The van der Waals surface area contributed by atoms with Crippen LogP contribution in [-0.2, 0) is 4.79 Å². The van der Waals surface area contributed by atoms with Crippen LogP contribution in [0.5, 0.6) is 0 Å². The SMILES string of the molecule is CCC1(CNC(=O)C2(C(N)=S)CC2)CCCC1. The number of amides is 1. The molecule has 3 N–H and O–H groups in total. The van der Waals surface area contributed by atoms with E-state index in [1.54, 1.807) is 0 Å². The Kier molecular flexibility index (Phi) is 3.43. The normalized spacial score (nSPS) is 24.3. The number of nitrogens with two attached hydrogens (primary N) is 1. The van der Waals surface area contributed by atoms with Crippen LogP contribution < -0.4 is 11.1 Å². The van der Waals surface area contributed by atoms with E-state index in [-0.39, 0.29) is 5.91 Å². The molecule has 0 heterocycles. The summed E-state index contributed by atoms with van der Waals surface area (Å²) in [5.41, 5.74) is 5.49. The summed E-state index contributed by atoms with van der Waals surface area (Å²) in [5, 5.41) is 3.09. The molecule has 0 aromatic rings. The summed E-state index contributed by atoms with van der Waals surface area (Å²) in [6.07, 6.45) is 7.87. The molecule has 0 aliphatic heterocycles. The third-order valence-electron chi connectivity index (χ3n) is 4.69. The maximum atomic E-state index is 12.1. The van der Waals surface area contributed by atoms with Crippen molar-refractivity contribution in [3.05, 3.63) is 0 Å². The molecule has 2 saturated carbocycles. The van der Waals surface area contributed by atoms with Gasteiger partial charge in [0.2, 0.25) is 5.91 Å². The van der Waals surface area contributed by atoms with Gasteiger partial charge in [0.25, 0.3) is 0 Å². The zero-order chi connectivity index (χ0) is 12.5. The van der Waals surface area contributed by atoms with E-state index in [0.29, 0.717) is 10.4 Å². The number of carbonyl (C=O) groups excluding carboxylic acids is 1. The van der Waals surface area contributed by atoms with Gasteiger partial charge in [-0.25, -0.2) is 0 Å². The number of nitrogens with one attached hydrogen (secondary N) is 1. The fourth-order valence-electron chi connectivity index (χ4n) is 2.93. The van der Waals surface area contributed by atoms with E-state index >= 15 is 0 Å². The van der Waals surface area contributed by atoms with Crippen LogP contribution in [0.25, 0.3) is 0 Å². The van der Waals surface area contributed by atoms with E-state index in [1.165, 1.54) is 25.7 Å². The third-order valence-corrected chi connectivity index (χ3v) is 5.09. The lowest BCUT2D eigenvalue weighted by atomic mass is 9.83. The Morgan fingerprint density at radius 3 is 2.29 bits per heavy atom. The van der Waals surface area contributed by atoms with Gasteiger partial charge in [-0.3, -0.25) is 4.79 Å². The monoisotopic (exact) mass is 254 g/mol. The predicted molar refractivity (Wildman–Crippen MR) is 72.7 cm³/mol. The van der Waals surface area contributed by atoms with Crippen LogP contribution in [0.15, 0.2) is 0 Å².